The van der Waals surface area contributed by atoms with Gasteiger partial charge in [-0.05, 0) is 56.2 Å². The van der Waals surface area contributed by atoms with Crippen molar-refractivity contribution in [2.75, 3.05) is 56.0 Å². The number of likely N-dealkylation sites (tertiary alicyclic amines) is 1. The maximum atomic E-state index is 12.7. The van der Waals surface area contributed by atoms with E-state index < -0.39 is 6.36 Å². The number of piperazine rings is 1. The number of anilines is 2. The van der Waals surface area contributed by atoms with Gasteiger partial charge in [-0.3, -0.25) is 9.69 Å². The van der Waals surface area contributed by atoms with Crippen molar-refractivity contribution in [3.8, 4) is 5.75 Å². The summed E-state index contributed by atoms with van der Waals surface area (Å²) >= 11 is 0. The summed E-state index contributed by atoms with van der Waals surface area (Å²) in [4.78, 5) is 19.4. The molecule has 190 valence electrons. The lowest BCUT2D eigenvalue weighted by Crippen LogP contribution is -2.48. The smallest absolute Gasteiger partial charge is 0.406 e. The van der Waals surface area contributed by atoms with Crippen molar-refractivity contribution in [1.82, 2.24) is 9.80 Å². The predicted octanol–water partition coefficient (Wildman–Crippen LogP) is 4.51. The minimum absolute atomic E-state index is 0.184. The van der Waals surface area contributed by atoms with E-state index in [1.807, 2.05) is 4.90 Å². The molecule has 0 unspecified atom stereocenters. The lowest BCUT2D eigenvalue weighted by Gasteiger charge is -2.37. The van der Waals surface area contributed by atoms with Crippen LogP contribution in [-0.4, -0.2) is 73.9 Å². The molecule has 9 heteroatoms. The number of halogens is 3. The van der Waals surface area contributed by atoms with Crippen LogP contribution in [0.4, 0.5) is 24.5 Å². The van der Waals surface area contributed by atoms with Crippen molar-refractivity contribution in [3.63, 3.8) is 0 Å². The molecule has 6 nitrogen and oxygen atoms in total. The normalized spacial score (nSPS) is 17.9. The van der Waals surface area contributed by atoms with E-state index in [4.69, 9.17) is 0 Å². The third-order valence-corrected chi connectivity index (χ3v) is 6.72. The van der Waals surface area contributed by atoms with E-state index in [-0.39, 0.29) is 17.7 Å². The number of hydrogen-bond donors (Lipinski definition) is 1. The van der Waals surface area contributed by atoms with Gasteiger partial charge in [0, 0.05) is 69.7 Å². The van der Waals surface area contributed by atoms with Crippen molar-refractivity contribution in [1.29, 1.82) is 0 Å². The zero-order valence-electron chi connectivity index (χ0n) is 20.1. The fourth-order valence-electron chi connectivity index (χ4n) is 4.66. The number of piperidine rings is 1. The first-order valence-corrected chi connectivity index (χ1v) is 12.2. The van der Waals surface area contributed by atoms with E-state index in [2.05, 4.69) is 51.0 Å². The zero-order chi connectivity index (χ0) is 24.8. The summed E-state index contributed by atoms with van der Waals surface area (Å²) in [6.45, 7) is 8.11. The van der Waals surface area contributed by atoms with Gasteiger partial charge in [0.25, 0.3) is 0 Å². The number of carbonyl (C=O) groups excluding carboxylic acids is 1. The third kappa shape index (κ3) is 7.52. The minimum atomic E-state index is -4.69. The van der Waals surface area contributed by atoms with Gasteiger partial charge in [-0.1, -0.05) is 17.7 Å². The summed E-state index contributed by atoms with van der Waals surface area (Å²) in [6.07, 6.45) is -2.54. The number of amides is 1. The van der Waals surface area contributed by atoms with Gasteiger partial charge >= 0.3 is 6.36 Å². The van der Waals surface area contributed by atoms with Crippen LogP contribution >= 0.6 is 0 Å². The molecule has 2 fully saturated rings. The molecule has 0 radical (unpaired) electrons. The Balaban J connectivity index is 1.14. The molecule has 0 spiro atoms. The van der Waals surface area contributed by atoms with Crippen LogP contribution < -0.4 is 15.0 Å². The highest BCUT2D eigenvalue weighted by Crippen LogP contribution is 2.25. The van der Waals surface area contributed by atoms with Gasteiger partial charge in [-0.15, -0.1) is 13.2 Å². The average Bonchev–Trinajstić information content (AvgIpc) is 2.84. The van der Waals surface area contributed by atoms with Crippen LogP contribution in [0.25, 0.3) is 0 Å². The highest BCUT2D eigenvalue weighted by atomic mass is 19.4. The second kappa shape index (κ2) is 11.2. The van der Waals surface area contributed by atoms with E-state index in [1.54, 1.807) is 12.1 Å². The van der Waals surface area contributed by atoms with Crippen LogP contribution in [-0.2, 0) is 4.79 Å². The van der Waals surface area contributed by atoms with Crippen LogP contribution in [0, 0.1) is 6.92 Å². The van der Waals surface area contributed by atoms with Gasteiger partial charge in [0.05, 0.1) is 0 Å². The fraction of sp³-hybridized carbons (Fsp3) is 0.500. The summed E-state index contributed by atoms with van der Waals surface area (Å²) < 4.78 is 40.8. The maximum absolute atomic E-state index is 12.7. The third-order valence-electron chi connectivity index (χ3n) is 6.72. The van der Waals surface area contributed by atoms with Crippen LogP contribution in [0.2, 0.25) is 0 Å². The first kappa shape index (κ1) is 25.2. The standard InChI is InChI=1S/C26H33F3N4O2/c1-20-2-6-23(7-3-20)32-18-16-31(17-19-32)13-12-25(34)33-14-10-22(11-15-33)30-21-4-8-24(9-5-21)35-26(27,28)29/h2-9,22,30H,10-19H2,1H3. The fourth-order valence-corrected chi connectivity index (χ4v) is 4.66. The second-order valence-electron chi connectivity index (χ2n) is 9.29. The molecule has 2 heterocycles. The van der Waals surface area contributed by atoms with Crippen LogP contribution in [0.5, 0.6) is 5.75 Å². The Labute approximate surface area is 204 Å². The maximum Gasteiger partial charge on any atom is 0.573 e. The van der Waals surface area contributed by atoms with Crippen molar-refractivity contribution in [3.05, 3.63) is 54.1 Å². The molecule has 0 bridgehead atoms. The quantitative estimate of drug-likeness (QED) is 0.619. The topological polar surface area (TPSA) is 48.0 Å². The molecular weight excluding hydrogens is 457 g/mol. The van der Waals surface area contributed by atoms with Gasteiger partial charge in [-0.25, -0.2) is 0 Å². The molecule has 0 aliphatic carbocycles. The lowest BCUT2D eigenvalue weighted by atomic mass is 10.0. The number of carbonyl (C=O) groups is 1. The first-order chi connectivity index (χ1) is 16.7. The Morgan fingerprint density at radius 2 is 1.57 bits per heavy atom. The number of aryl methyl sites for hydroxylation is 1. The largest absolute Gasteiger partial charge is 0.573 e. The molecular formula is C26H33F3N4O2. The summed E-state index contributed by atoms with van der Waals surface area (Å²) in [5.41, 5.74) is 3.27. The molecule has 0 atom stereocenters. The summed E-state index contributed by atoms with van der Waals surface area (Å²) in [6, 6.07) is 14.6. The summed E-state index contributed by atoms with van der Waals surface area (Å²) in [7, 11) is 0. The second-order valence-corrected chi connectivity index (χ2v) is 9.29. The van der Waals surface area contributed by atoms with Gasteiger partial charge < -0.3 is 19.9 Å². The van der Waals surface area contributed by atoms with Gasteiger partial charge in [0.15, 0.2) is 0 Å². The van der Waals surface area contributed by atoms with Crippen molar-refractivity contribution < 1.29 is 22.7 Å². The van der Waals surface area contributed by atoms with Crippen molar-refractivity contribution in [2.45, 2.75) is 38.6 Å². The number of benzene rings is 2. The molecule has 4 rings (SSSR count). The number of nitrogens with zero attached hydrogens (tertiary/aromatic N) is 3. The van der Waals surface area contributed by atoms with Crippen LogP contribution in [0.1, 0.15) is 24.8 Å². The Hall–Kier alpha value is -2.94. The number of rotatable bonds is 7. The Kier molecular flexibility index (Phi) is 8.05. The molecule has 2 aromatic carbocycles. The highest BCUT2D eigenvalue weighted by molar-refractivity contribution is 5.76. The van der Waals surface area contributed by atoms with E-state index in [1.165, 1.54) is 23.4 Å². The Morgan fingerprint density at radius 1 is 0.943 bits per heavy atom. The molecule has 1 amide bonds. The highest BCUT2D eigenvalue weighted by Gasteiger charge is 2.31. The molecule has 35 heavy (non-hydrogen) atoms. The zero-order valence-corrected chi connectivity index (χ0v) is 20.1. The molecule has 2 saturated heterocycles. The lowest BCUT2D eigenvalue weighted by molar-refractivity contribution is -0.274. The van der Waals surface area contributed by atoms with Crippen molar-refractivity contribution in [2.24, 2.45) is 0 Å². The predicted molar refractivity (Wildman–Crippen MR) is 131 cm³/mol. The number of ether oxygens (including phenoxy) is 1. The Morgan fingerprint density at radius 3 is 2.17 bits per heavy atom. The van der Waals surface area contributed by atoms with Crippen LogP contribution in [0.3, 0.4) is 0 Å². The summed E-state index contributed by atoms with van der Waals surface area (Å²) in [5, 5.41) is 3.35. The van der Waals surface area contributed by atoms with Gasteiger partial charge in [0.1, 0.15) is 5.75 Å². The SMILES string of the molecule is Cc1ccc(N2CCN(CCC(=O)N3CCC(Nc4ccc(OC(F)(F)F)cc4)CC3)CC2)cc1. The number of nitrogens with one attached hydrogen (secondary N) is 1. The van der Waals surface area contributed by atoms with E-state index in [9.17, 15) is 18.0 Å². The van der Waals surface area contributed by atoms with Crippen molar-refractivity contribution >= 4 is 17.3 Å². The monoisotopic (exact) mass is 490 g/mol. The molecule has 2 aromatic rings. The van der Waals surface area contributed by atoms with E-state index in [0.717, 1.165) is 51.3 Å². The van der Waals surface area contributed by atoms with E-state index >= 15 is 0 Å². The minimum Gasteiger partial charge on any atom is -0.406 e. The summed E-state index contributed by atoms with van der Waals surface area (Å²) in [5.74, 6) is -0.0434. The van der Waals surface area contributed by atoms with E-state index in [0.29, 0.717) is 19.5 Å². The Bertz CT molecular complexity index is 950. The average molecular weight is 491 g/mol. The number of alkyl halides is 3. The molecule has 2 aliphatic heterocycles. The molecule has 2 aliphatic rings. The first-order valence-electron chi connectivity index (χ1n) is 12.2. The molecule has 0 aromatic heterocycles. The van der Waals surface area contributed by atoms with Crippen LogP contribution in [0.15, 0.2) is 48.5 Å². The van der Waals surface area contributed by atoms with Gasteiger partial charge in [-0.2, -0.15) is 0 Å². The molecule has 0 saturated carbocycles. The number of hydrogen-bond acceptors (Lipinski definition) is 5. The van der Waals surface area contributed by atoms with Gasteiger partial charge in [0.2, 0.25) is 5.91 Å². The molecule has 1 N–H and O–H groups in total.